The zero-order valence-electron chi connectivity index (χ0n) is 17.7. The summed E-state index contributed by atoms with van der Waals surface area (Å²) in [5.74, 6) is 0.966. The molecule has 2 aromatic carbocycles. The summed E-state index contributed by atoms with van der Waals surface area (Å²) in [5, 5.41) is 1.89. The number of fused-ring (bicyclic) bond motifs is 3. The highest BCUT2D eigenvalue weighted by Gasteiger charge is 2.22. The van der Waals surface area contributed by atoms with E-state index in [1.54, 1.807) is 22.8 Å². The van der Waals surface area contributed by atoms with Crippen LogP contribution < -0.4 is 5.56 Å². The summed E-state index contributed by atoms with van der Waals surface area (Å²) in [6.45, 7) is 3.80. The van der Waals surface area contributed by atoms with E-state index >= 15 is 0 Å². The third-order valence-corrected chi connectivity index (χ3v) is 7.18. The quantitative estimate of drug-likeness (QED) is 0.344. The molecule has 0 bridgehead atoms. The lowest BCUT2D eigenvalue weighted by Gasteiger charge is -2.30. The molecule has 1 N–H and O–H groups in total. The number of para-hydroxylation sites is 1. The molecule has 1 aliphatic heterocycles. The van der Waals surface area contributed by atoms with Crippen molar-refractivity contribution in [2.75, 3.05) is 18.8 Å². The van der Waals surface area contributed by atoms with Crippen LogP contribution in [0.5, 0.6) is 0 Å². The number of piperidine rings is 1. The zero-order chi connectivity index (χ0) is 22.2. The lowest BCUT2D eigenvalue weighted by molar-refractivity contribution is -0.129. The van der Waals surface area contributed by atoms with Crippen molar-refractivity contribution in [3.63, 3.8) is 0 Å². The van der Waals surface area contributed by atoms with Gasteiger partial charge in [0.05, 0.1) is 11.4 Å². The SMILES string of the molecule is CC1CCN(C(=O)CSc2nc3c([nH]c4ccccc43)c(=O)n2-c2cccc(Cl)c2)CC1. The number of hydrogen-bond acceptors (Lipinski definition) is 4. The first-order valence-corrected chi connectivity index (χ1v) is 12.1. The third-order valence-electron chi connectivity index (χ3n) is 6.02. The Labute approximate surface area is 194 Å². The Morgan fingerprint density at radius 1 is 1.19 bits per heavy atom. The molecule has 0 saturated carbocycles. The molecule has 3 heterocycles. The van der Waals surface area contributed by atoms with Crippen molar-refractivity contribution >= 4 is 51.2 Å². The number of halogens is 1. The van der Waals surface area contributed by atoms with Crippen LogP contribution in [0.4, 0.5) is 0 Å². The number of nitrogens with zero attached hydrogens (tertiary/aromatic N) is 3. The first-order valence-electron chi connectivity index (χ1n) is 10.7. The Morgan fingerprint density at radius 2 is 1.97 bits per heavy atom. The summed E-state index contributed by atoms with van der Waals surface area (Å²) in [6.07, 6.45) is 2.06. The number of likely N-dealkylation sites (tertiary alicyclic amines) is 1. The van der Waals surface area contributed by atoms with Crippen molar-refractivity contribution in [1.29, 1.82) is 0 Å². The molecule has 0 radical (unpaired) electrons. The number of nitrogens with one attached hydrogen (secondary N) is 1. The molecule has 164 valence electrons. The van der Waals surface area contributed by atoms with Gasteiger partial charge in [-0.05, 0) is 43.0 Å². The number of amides is 1. The van der Waals surface area contributed by atoms with Crippen molar-refractivity contribution in [1.82, 2.24) is 19.4 Å². The third kappa shape index (κ3) is 3.91. The van der Waals surface area contributed by atoms with Crippen LogP contribution in [0.2, 0.25) is 5.02 Å². The van der Waals surface area contributed by atoms with Crippen molar-refractivity contribution < 1.29 is 4.79 Å². The van der Waals surface area contributed by atoms with Crippen LogP contribution in [-0.4, -0.2) is 44.2 Å². The molecule has 0 unspecified atom stereocenters. The second-order valence-corrected chi connectivity index (χ2v) is 9.64. The van der Waals surface area contributed by atoms with E-state index in [-0.39, 0.29) is 17.2 Å². The predicted octanol–water partition coefficient (Wildman–Crippen LogP) is 4.87. The van der Waals surface area contributed by atoms with Crippen LogP contribution in [0.15, 0.2) is 58.5 Å². The first-order chi connectivity index (χ1) is 15.5. The van der Waals surface area contributed by atoms with Crippen molar-refractivity contribution in [2.24, 2.45) is 5.92 Å². The number of benzene rings is 2. The number of thioether (sulfide) groups is 1. The van der Waals surface area contributed by atoms with Gasteiger partial charge in [0.15, 0.2) is 5.16 Å². The maximum Gasteiger partial charge on any atom is 0.283 e. The van der Waals surface area contributed by atoms with Gasteiger partial charge in [0.25, 0.3) is 5.56 Å². The molecule has 1 amide bonds. The topological polar surface area (TPSA) is 71.0 Å². The van der Waals surface area contributed by atoms with Gasteiger partial charge in [-0.25, -0.2) is 4.98 Å². The Bertz CT molecular complexity index is 1370. The summed E-state index contributed by atoms with van der Waals surface area (Å²) in [5.41, 5.74) is 2.32. The average molecular weight is 467 g/mol. The number of aromatic nitrogens is 3. The highest BCUT2D eigenvalue weighted by atomic mass is 35.5. The van der Waals surface area contributed by atoms with Crippen LogP contribution in [0.25, 0.3) is 27.6 Å². The normalized spacial score (nSPS) is 15.0. The fourth-order valence-corrected chi connectivity index (χ4v) is 5.25. The minimum atomic E-state index is -0.213. The molecule has 2 aromatic heterocycles. The fourth-order valence-electron chi connectivity index (χ4n) is 4.16. The number of carbonyl (C=O) groups is 1. The van der Waals surface area contributed by atoms with E-state index < -0.39 is 0 Å². The van der Waals surface area contributed by atoms with E-state index in [1.807, 2.05) is 35.2 Å². The maximum atomic E-state index is 13.6. The van der Waals surface area contributed by atoms with Crippen molar-refractivity contribution in [3.05, 3.63) is 63.9 Å². The highest BCUT2D eigenvalue weighted by molar-refractivity contribution is 7.99. The summed E-state index contributed by atoms with van der Waals surface area (Å²) in [4.78, 5) is 36.4. The molecule has 6 nitrogen and oxygen atoms in total. The van der Waals surface area contributed by atoms with Gasteiger partial charge in [-0.2, -0.15) is 0 Å². The van der Waals surface area contributed by atoms with Crippen LogP contribution >= 0.6 is 23.4 Å². The van der Waals surface area contributed by atoms with Gasteiger partial charge in [0.2, 0.25) is 5.91 Å². The molecule has 0 atom stereocenters. The van der Waals surface area contributed by atoms with E-state index in [1.165, 1.54) is 11.8 Å². The maximum absolute atomic E-state index is 13.6. The summed E-state index contributed by atoms with van der Waals surface area (Å²) < 4.78 is 1.54. The monoisotopic (exact) mass is 466 g/mol. The van der Waals surface area contributed by atoms with Gasteiger partial charge in [-0.3, -0.25) is 14.2 Å². The highest BCUT2D eigenvalue weighted by Crippen LogP contribution is 2.27. The van der Waals surface area contributed by atoms with Crippen LogP contribution in [-0.2, 0) is 4.79 Å². The smallest absolute Gasteiger partial charge is 0.283 e. The van der Waals surface area contributed by atoms with Crippen molar-refractivity contribution in [2.45, 2.75) is 24.9 Å². The van der Waals surface area contributed by atoms with Gasteiger partial charge in [-0.1, -0.05) is 54.6 Å². The van der Waals surface area contributed by atoms with E-state index in [9.17, 15) is 9.59 Å². The Hall–Kier alpha value is -2.77. The standard InChI is InChI=1S/C24H23ClN4O2S/c1-15-9-11-28(12-10-15)20(30)14-32-24-27-21-18-7-2-3-8-19(18)26-22(21)23(31)29(24)17-6-4-5-16(25)13-17/h2-8,13,15,26H,9-12,14H2,1H3. The van der Waals surface area contributed by atoms with Gasteiger partial charge in [0, 0.05) is 29.0 Å². The van der Waals surface area contributed by atoms with Crippen molar-refractivity contribution in [3.8, 4) is 5.69 Å². The molecule has 0 aliphatic carbocycles. The lowest BCUT2D eigenvalue weighted by atomic mass is 9.99. The predicted molar refractivity (Wildman–Crippen MR) is 130 cm³/mol. The first kappa shape index (κ1) is 21.1. The minimum absolute atomic E-state index is 0.0767. The largest absolute Gasteiger partial charge is 0.349 e. The van der Waals surface area contributed by atoms with Crippen LogP contribution in [0, 0.1) is 5.92 Å². The molecule has 4 aromatic rings. The molecule has 1 fully saturated rings. The Kier molecular flexibility index (Phi) is 5.69. The molecule has 32 heavy (non-hydrogen) atoms. The van der Waals surface area contributed by atoms with Gasteiger partial charge < -0.3 is 9.88 Å². The van der Waals surface area contributed by atoms with Crippen LogP contribution in [0.1, 0.15) is 19.8 Å². The molecule has 8 heteroatoms. The second kappa shape index (κ2) is 8.64. The van der Waals surface area contributed by atoms with E-state index in [4.69, 9.17) is 16.6 Å². The number of rotatable bonds is 4. The Morgan fingerprint density at radius 3 is 2.75 bits per heavy atom. The number of carbonyl (C=O) groups excluding carboxylic acids is 1. The summed E-state index contributed by atoms with van der Waals surface area (Å²) in [6, 6.07) is 14.8. The number of hydrogen-bond donors (Lipinski definition) is 1. The lowest BCUT2D eigenvalue weighted by Crippen LogP contribution is -2.39. The van der Waals surface area contributed by atoms with Gasteiger partial charge in [0.1, 0.15) is 11.0 Å². The van der Waals surface area contributed by atoms with Crippen LogP contribution in [0.3, 0.4) is 0 Å². The zero-order valence-corrected chi connectivity index (χ0v) is 19.2. The van der Waals surface area contributed by atoms with Gasteiger partial charge in [-0.15, -0.1) is 0 Å². The summed E-state index contributed by atoms with van der Waals surface area (Å²) >= 11 is 7.51. The summed E-state index contributed by atoms with van der Waals surface area (Å²) in [7, 11) is 0. The van der Waals surface area contributed by atoms with E-state index in [2.05, 4.69) is 11.9 Å². The molecule has 5 rings (SSSR count). The second-order valence-electron chi connectivity index (χ2n) is 8.26. The van der Waals surface area contributed by atoms with E-state index in [0.717, 1.165) is 36.8 Å². The average Bonchev–Trinajstić information content (AvgIpc) is 3.17. The molecular formula is C24H23ClN4O2S. The number of H-pyrrole nitrogens is 1. The molecular weight excluding hydrogens is 444 g/mol. The fraction of sp³-hybridized carbons (Fsp3) is 0.292. The molecule has 1 aliphatic rings. The Balaban J connectivity index is 1.57. The van der Waals surface area contributed by atoms with E-state index in [0.29, 0.717) is 32.8 Å². The molecule has 1 saturated heterocycles. The molecule has 0 spiro atoms. The number of aromatic amines is 1. The minimum Gasteiger partial charge on any atom is -0.349 e. The van der Waals surface area contributed by atoms with Gasteiger partial charge >= 0.3 is 0 Å².